The maximum atomic E-state index is 10.8. The molecule has 0 radical (unpaired) electrons. The molecule has 0 fully saturated rings. The van der Waals surface area contributed by atoms with Crippen LogP contribution in [-0.4, -0.2) is 5.97 Å². The first-order valence-electron chi connectivity index (χ1n) is 7.92. The predicted octanol–water partition coefficient (Wildman–Crippen LogP) is 3.83. The number of carboxylic acid groups (broad SMARTS) is 1. The molecule has 0 saturated carbocycles. The summed E-state index contributed by atoms with van der Waals surface area (Å²) in [4.78, 5) is 10.8. The van der Waals surface area contributed by atoms with Gasteiger partial charge in [0.15, 0.2) is 0 Å². The summed E-state index contributed by atoms with van der Waals surface area (Å²) in [7, 11) is 0. The van der Waals surface area contributed by atoms with Crippen LogP contribution in [0.4, 0.5) is 0 Å². The second-order valence-corrected chi connectivity index (χ2v) is 5.71. The summed E-state index contributed by atoms with van der Waals surface area (Å²) in [5.74, 6) is -0.569. The van der Waals surface area contributed by atoms with Gasteiger partial charge >= 0.3 is 0 Å². The van der Waals surface area contributed by atoms with E-state index in [2.05, 4.69) is 19.9 Å². The van der Waals surface area contributed by atoms with E-state index in [1.54, 1.807) is 0 Å². The molecule has 0 aromatic heterocycles. The Bertz CT molecular complexity index is 398. The molecule has 0 aliphatic rings. The molecule has 2 nitrogen and oxygen atoms in total. The number of carboxylic acids is 1. The summed E-state index contributed by atoms with van der Waals surface area (Å²) >= 11 is 0. The third kappa shape index (κ3) is 6.23. The van der Waals surface area contributed by atoms with E-state index in [1.807, 2.05) is 18.2 Å². The molecule has 0 amide bonds. The number of benzene rings is 1. The van der Waals surface area contributed by atoms with Crippen molar-refractivity contribution in [3.05, 3.63) is 35.4 Å². The molecule has 1 aromatic carbocycles. The molecular weight excluding hydrogens is 248 g/mol. The normalized spacial score (nSPS) is 12.3. The topological polar surface area (TPSA) is 40.1 Å². The second kappa shape index (κ2) is 9.57. The zero-order valence-corrected chi connectivity index (χ0v) is 12.9. The molecule has 2 heteroatoms. The monoisotopic (exact) mass is 275 g/mol. The Morgan fingerprint density at radius 3 is 2.45 bits per heavy atom. The van der Waals surface area contributed by atoms with Crippen molar-refractivity contribution in [2.75, 3.05) is 0 Å². The average Bonchev–Trinajstić information content (AvgIpc) is 2.42. The van der Waals surface area contributed by atoms with Gasteiger partial charge in [-0.1, -0.05) is 76.6 Å². The standard InChI is InChI=1S/C18H28O2/c1-3-4-5-6-7-8-11-15(2)17-13-10-9-12-16(17)14-18(19)20/h9-10,12-13,15H,3-8,11,14H2,1-2H3,(H,19,20)/p-1/t15-/m1/s1. The molecule has 1 aromatic rings. The molecule has 1 atom stereocenters. The van der Waals surface area contributed by atoms with E-state index in [9.17, 15) is 9.90 Å². The fourth-order valence-corrected chi connectivity index (χ4v) is 2.72. The van der Waals surface area contributed by atoms with Crippen LogP contribution in [0.2, 0.25) is 0 Å². The van der Waals surface area contributed by atoms with E-state index in [4.69, 9.17) is 0 Å². The van der Waals surface area contributed by atoms with E-state index in [0.717, 1.165) is 12.0 Å². The minimum Gasteiger partial charge on any atom is -0.550 e. The van der Waals surface area contributed by atoms with Gasteiger partial charge in [-0.15, -0.1) is 0 Å². The Hall–Kier alpha value is -1.31. The molecule has 20 heavy (non-hydrogen) atoms. The predicted molar refractivity (Wildman–Crippen MR) is 81.6 cm³/mol. The Labute approximate surface area is 123 Å². The number of hydrogen-bond acceptors (Lipinski definition) is 2. The highest BCUT2D eigenvalue weighted by Gasteiger charge is 2.10. The van der Waals surface area contributed by atoms with E-state index in [1.165, 1.54) is 44.1 Å². The van der Waals surface area contributed by atoms with Crippen molar-refractivity contribution in [1.82, 2.24) is 0 Å². The lowest BCUT2D eigenvalue weighted by atomic mass is 9.90. The maximum Gasteiger partial charge on any atom is 0.0458 e. The van der Waals surface area contributed by atoms with Gasteiger partial charge in [-0.05, 0) is 23.5 Å². The van der Waals surface area contributed by atoms with Crippen molar-refractivity contribution >= 4 is 5.97 Å². The highest BCUT2D eigenvalue weighted by molar-refractivity contribution is 5.68. The molecule has 0 aliphatic heterocycles. The second-order valence-electron chi connectivity index (χ2n) is 5.71. The quantitative estimate of drug-likeness (QED) is 0.609. The van der Waals surface area contributed by atoms with Crippen LogP contribution >= 0.6 is 0 Å². The van der Waals surface area contributed by atoms with Crippen molar-refractivity contribution in [3.63, 3.8) is 0 Å². The summed E-state index contributed by atoms with van der Waals surface area (Å²) in [6.07, 6.45) is 8.95. The van der Waals surface area contributed by atoms with Gasteiger partial charge in [0.1, 0.15) is 0 Å². The molecule has 0 aliphatic carbocycles. The smallest absolute Gasteiger partial charge is 0.0458 e. The first-order chi connectivity index (χ1) is 9.65. The van der Waals surface area contributed by atoms with Crippen LogP contribution in [-0.2, 0) is 11.2 Å². The third-order valence-corrected chi connectivity index (χ3v) is 3.91. The number of carbonyl (C=O) groups excluding carboxylic acids is 1. The van der Waals surface area contributed by atoms with E-state index in [0.29, 0.717) is 5.92 Å². The highest BCUT2D eigenvalue weighted by Crippen LogP contribution is 2.25. The Kier molecular flexibility index (Phi) is 8.01. The van der Waals surface area contributed by atoms with Crippen molar-refractivity contribution in [1.29, 1.82) is 0 Å². The molecule has 0 N–H and O–H groups in total. The van der Waals surface area contributed by atoms with Gasteiger partial charge in [-0.2, -0.15) is 0 Å². The number of aliphatic carboxylic acids is 1. The Morgan fingerprint density at radius 1 is 1.10 bits per heavy atom. The van der Waals surface area contributed by atoms with Crippen molar-refractivity contribution in [2.45, 2.75) is 71.1 Å². The Morgan fingerprint density at radius 2 is 1.75 bits per heavy atom. The van der Waals surface area contributed by atoms with E-state index < -0.39 is 5.97 Å². The van der Waals surface area contributed by atoms with Crippen LogP contribution in [0.1, 0.15) is 75.8 Å². The van der Waals surface area contributed by atoms with Gasteiger partial charge in [-0.3, -0.25) is 0 Å². The lowest BCUT2D eigenvalue weighted by Crippen LogP contribution is -2.25. The molecule has 0 spiro atoms. The van der Waals surface area contributed by atoms with Crippen LogP contribution in [0.5, 0.6) is 0 Å². The number of carbonyl (C=O) groups is 1. The van der Waals surface area contributed by atoms with Crippen molar-refractivity contribution < 1.29 is 9.90 Å². The first kappa shape index (κ1) is 16.7. The molecule has 112 valence electrons. The fourth-order valence-electron chi connectivity index (χ4n) is 2.72. The lowest BCUT2D eigenvalue weighted by molar-refractivity contribution is -0.304. The zero-order valence-electron chi connectivity index (χ0n) is 12.9. The van der Waals surface area contributed by atoms with Crippen LogP contribution in [0.25, 0.3) is 0 Å². The molecule has 1 rings (SSSR count). The Balaban J connectivity index is 2.42. The van der Waals surface area contributed by atoms with Gasteiger partial charge in [0.2, 0.25) is 0 Å². The SMILES string of the molecule is CCCCCCCC[C@@H](C)c1ccccc1CC(=O)[O-]. The minimum absolute atomic E-state index is 0.0248. The summed E-state index contributed by atoms with van der Waals surface area (Å²) in [6.45, 7) is 4.43. The van der Waals surface area contributed by atoms with Gasteiger partial charge in [0.25, 0.3) is 0 Å². The van der Waals surface area contributed by atoms with Crippen molar-refractivity contribution in [2.24, 2.45) is 0 Å². The summed E-state index contributed by atoms with van der Waals surface area (Å²) in [5, 5.41) is 10.8. The van der Waals surface area contributed by atoms with Gasteiger partial charge in [0, 0.05) is 12.4 Å². The van der Waals surface area contributed by atoms with Gasteiger partial charge in [0.05, 0.1) is 0 Å². The first-order valence-corrected chi connectivity index (χ1v) is 7.92. The number of hydrogen-bond donors (Lipinski definition) is 0. The van der Waals surface area contributed by atoms with E-state index in [-0.39, 0.29) is 6.42 Å². The van der Waals surface area contributed by atoms with Gasteiger partial charge in [-0.25, -0.2) is 0 Å². The summed E-state index contributed by atoms with van der Waals surface area (Å²) in [6, 6.07) is 7.86. The fraction of sp³-hybridized carbons (Fsp3) is 0.611. The summed E-state index contributed by atoms with van der Waals surface area (Å²) in [5.41, 5.74) is 2.08. The average molecular weight is 275 g/mol. The third-order valence-electron chi connectivity index (χ3n) is 3.91. The van der Waals surface area contributed by atoms with E-state index >= 15 is 0 Å². The molecule has 0 saturated heterocycles. The van der Waals surface area contributed by atoms with Gasteiger partial charge < -0.3 is 9.90 Å². The van der Waals surface area contributed by atoms with Crippen LogP contribution in [0.15, 0.2) is 24.3 Å². The maximum absolute atomic E-state index is 10.8. The minimum atomic E-state index is -0.996. The number of unbranched alkanes of at least 4 members (excludes halogenated alkanes) is 5. The molecule has 0 bridgehead atoms. The van der Waals surface area contributed by atoms with Crippen LogP contribution in [0.3, 0.4) is 0 Å². The molecular formula is C18H27O2-. The highest BCUT2D eigenvalue weighted by atomic mass is 16.4. The number of rotatable bonds is 10. The van der Waals surface area contributed by atoms with Crippen LogP contribution < -0.4 is 5.11 Å². The van der Waals surface area contributed by atoms with Crippen molar-refractivity contribution in [3.8, 4) is 0 Å². The largest absolute Gasteiger partial charge is 0.550 e. The summed E-state index contributed by atoms with van der Waals surface area (Å²) < 4.78 is 0. The molecule has 0 unspecified atom stereocenters. The lowest BCUT2D eigenvalue weighted by Gasteiger charge is -2.17. The zero-order chi connectivity index (χ0) is 14.8. The molecule has 0 heterocycles. The van der Waals surface area contributed by atoms with Crippen LogP contribution in [0, 0.1) is 0 Å².